The Balaban J connectivity index is 1.70. The Labute approximate surface area is 138 Å². The third kappa shape index (κ3) is 3.68. The Kier molecular flexibility index (Phi) is 4.36. The van der Waals surface area contributed by atoms with Crippen LogP contribution in [0.1, 0.15) is 31.2 Å². The van der Waals surface area contributed by atoms with Crippen molar-refractivity contribution in [3.05, 3.63) is 29.8 Å². The van der Waals surface area contributed by atoms with Gasteiger partial charge in [-0.3, -0.25) is 9.10 Å². The fraction of sp³-hybridized carbons (Fsp3) is 0.588. The first-order valence-corrected chi connectivity index (χ1v) is 10.0. The van der Waals surface area contributed by atoms with Gasteiger partial charge in [0.15, 0.2) is 0 Å². The minimum Gasteiger partial charge on any atom is -0.352 e. The van der Waals surface area contributed by atoms with Crippen molar-refractivity contribution < 1.29 is 13.2 Å². The van der Waals surface area contributed by atoms with Gasteiger partial charge in [-0.25, -0.2) is 8.42 Å². The number of fused-ring (bicyclic) bond motifs is 2. The van der Waals surface area contributed by atoms with Gasteiger partial charge in [0.2, 0.25) is 15.9 Å². The summed E-state index contributed by atoms with van der Waals surface area (Å²) >= 11 is 0. The molecule has 2 aliphatic rings. The fourth-order valence-electron chi connectivity index (χ4n) is 3.99. The summed E-state index contributed by atoms with van der Waals surface area (Å²) in [7, 11) is -3.50. The average molecular weight is 336 g/mol. The molecule has 6 heteroatoms. The molecule has 1 amide bonds. The van der Waals surface area contributed by atoms with Crippen LogP contribution in [0.5, 0.6) is 0 Å². The normalized spacial score (nSPS) is 26.3. The molecule has 0 radical (unpaired) electrons. The van der Waals surface area contributed by atoms with Gasteiger partial charge in [0.1, 0.15) is 6.54 Å². The lowest BCUT2D eigenvalue weighted by molar-refractivity contribution is -0.120. The van der Waals surface area contributed by atoms with Gasteiger partial charge in [-0.05, 0) is 55.7 Å². The molecule has 2 aliphatic carbocycles. The number of sulfonamides is 1. The van der Waals surface area contributed by atoms with Crippen molar-refractivity contribution in [2.75, 3.05) is 17.1 Å². The minimum absolute atomic E-state index is 0.157. The Morgan fingerprint density at radius 2 is 2.09 bits per heavy atom. The topological polar surface area (TPSA) is 66.5 Å². The number of carbonyl (C=O) groups is 1. The summed E-state index contributed by atoms with van der Waals surface area (Å²) in [5, 5.41) is 3.05. The van der Waals surface area contributed by atoms with Crippen LogP contribution in [0.25, 0.3) is 0 Å². The zero-order chi connectivity index (χ0) is 16.6. The first-order chi connectivity index (χ1) is 10.8. The Bertz CT molecular complexity index is 702. The molecule has 0 aliphatic heterocycles. The molecule has 2 saturated carbocycles. The van der Waals surface area contributed by atoms with E-state index in [1.807, 2.05) is 13.0 Å². The zero-order valence-electron chi connectivity index (χ0n) is 13.7. The summed E-state index contributed by atoms with van der Waals surface area (Å²) in [6.45, 7) is 1.75. The molecule has 0 heterocycles. The monoisotopic (exact) mass is 336 g/mol. The molecule has 1 N–H and O–H groups in total. The maximum atomic E-state index is 12.4. The van der Waals surface area contributed by atoms with Crippen LogP contribution in [-0.4, -0.2) is 33.2 Å². The number of nitrogens with zero attached hydrogens (tertiary/aromatic N) is 1. The highest BCUT2D eigenvalue weighted by Crippen LogP contribution is 2.44. The number of benzene rings is 1. The molecule has 1 aromatic carbocycles. The maximum absolute atomic E-state index is 12.4. The van der Waals surface area contributed by atoms with Gasteiger partial charge in [-0.15, -0.1) is 0 Å². The second-order valence-electron chi connectivity index (χ2n) is 6.96. The number of hydrogen-bond donors (Lipinski definition) is 1. The Morgan fingerprint density at radius 1 is 1.30 bits per heavy atom. The lowest BCUT2D eigenvalue weighted by Gasteiger charge is -2.26. The Morgan fingerprint density at radius 3 is 2.65 bits per heavy atom. The van der Waals surface area contributed by atoms with Crippen molar-refractivity contribution >= 4 is 21.6 Å². The van der Waals surface area contributed by atoms with E-state index in [2.05, 4.69) is 5.32 Å². The van der Waals surface area contributed by atoms with Crippen LogP contribution >= 0.6 is 0 Å². The highest BCUT2D eigenvalue weighted by atomic mass is 32.2. The zero-order valence-corrected chi connectivity index (χ0v) is 14.5. The van der Waals surface area contributed by atoms with E-state index in [0.717, 1.165) is 24.2 Å². The summed E-state index contributed by atoms with van der Waals surface area (Å²) in [6.07, 6.45) is 5.84. The van der Waals surface area contributed by atoms with E-state index in [0.29, 0.717) is 11.6 Å². The molecule has 0 aromatic heterocycles. The number of aryl methyl sites for hydroxylation is 1. The van der Waals surface area contributed by atoms with Crippen molar-refractivity contribution in [2.45, 2.75) is 38.6 Å². The van der Waals surface area contributed by atoms with E-state index in [9.17, 15) is 13.2 Å². The molecule has 0 unspecified atom stereocenters. The molecule has 23 heavy (non-hydrogen) atoms. The predicted octanol–water partition coefficient (Wildman–Crippen LogP) is 2.07. The second-order valence-corrected chi connectivity index (χ2v) is 8.86. The highest BCUT2D eigenvalue weighted by Gasteiger charge is 2.40. The van der Waals surface area contributed by atoms with E-state index in [1.165, 1.54) is 23.6 Å². The maximum Gasteiger partial charge on any atom is 0.241 e. The number of carbonyl (C=O) groups excluding carboxylic acids is 1. The lowest BCUT2D eigenvalue weighted by atomic mass is 9.95. The number of hydrogen-bond acceptors (Lipinski definition) is 3. The molecule has 1 aromatic rings. The number of rotatable bonds is 5. The van der Waals surface area contributed by atoms with Crippen LogP contribution in [0.4, 0.5) is 5.69 Å². The molecule has 0 saturated heterocycles. The summed E-state index contributed by atoms with van der Waals surface area (Å²) < 4.78 is 25.4. The molecule has 0 spiro atoms. The molecular weight excluding hydrogens is 312 g/mol. The van der Waals surface area contributed by atoms with Crippen molar-refractivity contribution in [1.82, 2.24) is 5.32 Å². The third-order valence-electron chi connectivity index (χ3n) is 5.06. The summed E-state index contributed by atoms with van der Waals surface area (Å²) in [5.41, 5.74) is 1.50. The van der Waals surface area contributed by atoms with Crippen molar-refractivity contribution in [2.24, 2.45) is 11.8 Å². The predicted molar refractivity (Wildman–Crippen MR) is 90.7 cm³/mol. The van der Waals surface area contributed by atoms with Crippen molar-refractivity contribution in [3.8, 4) is 0 Å². The van der Waals surface area contributed by atoms with Gasteiger partial charge < -0.3 is 5.32 Å². The van der Waals surface area contributed by atoms with Gasteiger partial charge in [0, 0.05) is 6.04 Å². The summed E-state index contributed by atoms with van der Waals surface area (Å²) in [5.74, 6) is 1.11. The lowest BCUT2D eigenvalue weighted by Crippen LogP contribution is -2.45. The van der Waals surface area contributed by atoms with Crippen LogP contribution in [0, 0.1) is 18.8 Å². The van der Waals surface area contributed by atoms with Gasteiger partial charge in [-0.1, -0.05) is 18.6 Å². The van der Waals surface area contributed by atoms with Crippen LogP contribution in [0.2, 0.25) is 0 Å². The molecular formula is C17H24N2O3S. The molecule has 5 nitrogen and oxygen atoms in total. The van der Waals surface area contributed by atoms with E-state index in [4.69, 9.17) is 0 Å². The van der Waals surface area contributed by atoms with Gasteiger partial charge in [-0.2, -0.15) is 0 Å². The summed E-state index contributed by atoms with van der Waals surface area (Å²) in [4.78, 5) is 12.4. The SMILES string of the molecule is Cc1cccc(N(CC(=O)N[C@H]2C[C@H]3CC[C@H]2C3)S(C)(=O)=O)c1. The molecule has 3 atom stereocenters. The van der Waals surface area contributed by atoms with E-state index >= 15 is 0 Å². The number of nitrogens with one attached hydrogen (secondary N) is 1. The van der Waals surface area contributed by atoms with Gasteiger partial charge >= 0.3 is 0 Å². The van der Waals surface area contributed by atoms with E-state index in [1.54, 1.807) is 18.2 Å². The Hall–Kier alpha value is -1.56. The summed E-state index contributed by atoms with van der Waals surface area (Å²) in [6, 6.07) is 7.43. The number of anilines is 1. The quantitative estimate of drug-likeness (QED) is 0.895. The van der Waals surface area contributed by atoms with E-state index in [-0.39, 0.29) is 18.5 Å². The smallest absolute Gasteiger partial charge is 0.241 e. The molecule has 2 bridgehead atoms. The van der Waals surface area contributed by atoms with Crippen LogP contribution in [-0.2, 0) is 14.8 Å². The number of amides is 1. The van der Waals surface area contributed by atoms with Crippen molar-refractivity contribution in [3.63, 3.8) is 0 Å². The standard InChI is InChI=1S/C17H24N2O3S/c1-12-4-3-5-15(8-12)19(23(2,21)22)11-17(20)18-16-10-13-6-7-14(16)9-13/h3-5,8,13-14,16H,6-7,9-11H2,1-2H3,(H,18,20)/t13-,14-,16-/m0/s1. The van der Waals surface area contributed by atoms with Crippen LogP contribution in [0.15, 0.2) is 24.3 Å². The first kappa shape index (κ1) is 16.3. The van der Waals surface area contributed by atoms with Gasteiger partial charge in [0.05, 0.1) is 11.9 Å². The third-order valence-corrected chi connectivity index (χ3v) is 6.20. The van der Waals surface area contributed by atoms with Crippen LogP contribution < -0.4 is 9.62 Å². The largest absolute Gasteiger partial charge is 0.352 e. The molecule has 126 valence electrons. The molecule has 3 rings (SSSR count). The minimum atomic E-state index is -3.50. The highest BCUT2D eigenvalue weighted by molar-refractivity contribution is 7.92. The molecule has 2 fully saturated rings. The average Bonchev–Trinajstić information content (AvgIpc) is 3.06. The first-order valence-electron chi connectivity index (χ1n) is 8.16. The van der Waals surface area contributed by atoms with E-state index < -0.39 is 10.0 Å². The van der Waals surface area contributed by atoms with Gasteiger partial charge in [0.25, 0.3) is 0 Å². The fourth-order valence-corrected chi connectivity index (χ4v) is 4.84. The van der Waals surface area contributed by atoms with Crippen molar-refractivity contribution in [1.29, 1.82) is 0 Å². The van der Waals surface area contributed by atoms with Crippen LogP contribution in [0.3, 0.4) is 0 Å². The second kappa shape index (κ2) is 6.15.